The molecule has 1 heterocycles. The Labute approximate surface area is 189 Å². The minimum absolute atomic E-state index is 0.0328. The Kier molecular flexibility index (Phi) is 6.42. The van der Waals surface area contributed by atoms with Gasteiger partial charge in [0.1, 0.15) is 0 Å². The number of hydrogen-bond acceptors (Lipinski definition) is 5. The van der Waals surface area contributed by atoms with Crippen molar-refractivity contribution in [2.75, 3.05) is 13.1 Å². The van der Waals surface area contributed by atoms with Gasteiger partial charge < -0.3 is 10.8 Å². The number of aryl methyl sites for hydroxylation is 1. The molecule has 2 unspecified atom stereocenters. The highest BCUT2D eigenvalue weighted by molar-refractivity contribution is 6.09. The monoisotopic (exact) mass is 433 g/mol. The number of carbonyl (C=O) groups excluding carboxylic acids is 1. The summed E-state index contributed by atoms with van der Waals surface area (Å²) in [5.74, 6) is -1.06. The van der Waals surface area contributed by atoms with Gasteiger partial charge in [-0.2, -0.15) is 5.10 Å². The van der Waals surface area contributed by atoms with Crippen molar-refractivity contribution in [1.29, 1.82) is 0 Å². The molecule has 0 aromatic heterocycles. The Hall–Kier alpha value is -2.99. The molecule has 1 aliphatic carbocycles. The summed E-state index contributed by atoms with van der Waals surface area (Å²) >= 11 is 0. The fourth-order valence-corrected chi connectivity index (χ4v) is 4.84. The normalized spacial score (nSPS) is 23.2. The zero-order valence-electron chi connectivity index (χ0n) is 18.6. The molecule has 0 radical (unpaired) electrons. The molecule has 1 aliphatic heterocycles. The van der Waals surface area contributed by atoms with Gasteiger partial charge in [-0.3, -0.25) is 14.6 Å². The summed E-state index contributed by atoms with van der Waals surface area (Å²) in [5, 5.41) is 15.9. The van der Waals surface area contributed by atoms with Crippen LogP contribution in [0.25, 0.3) is 0 Å². The molecule has 168 valence electrons. The molecule has 0 bridgehead atoms. The first-order valence-electron chi connectivity index (χ1n) is 11.4. The van der Waals surface area contributed by atoms with Crippen molar-refractivity contribution in [2.45, 2.75) is 51.0 Å². The lowest BCUT2D eigenvalue weighted by atomic mass is 9.69. The molecule has 6 heteroatoms. The van der Waals surface area contributed by atoms with Crippen molar-refractivity contribution >= 4 is 18.0 Å². The number of piperidine rings is 1. The second kappa shape index (κ2) is 9.25. The van der Waals surface area contributed by atoms with E-state index < -0.39 is 11.5 Å². The second-order valence-electron chi connectivity index (χ2n) is 9.20. The van der Waals surface area contributed by atoms with Crippen LogP contribution in [0, 0.1) is 5.92 Å². The average Bonchev–Trinajstić information content (AvgIpc) is 2.80. The minimum Gasteiger partial charge on any atom is -0.481 e. The molecule has 6 nitrogen and oxygen atoms in total. The van der Waals surface area contributed by atoms with Crippen molar-refractivity contribution in [3.8, 4) is 0 Å². The molecule has 2 aliphatic rings. The maximum atomic E-state index is 13.1. The molecule has 2 atom stereocenters. The van der Waals surface area contributed by atoms with E-state index in [-0.39, 0.29) is 18.1 Å². The molecular weight excluding hydrogens is 402 g/mol. The predicted octanol–water partition coefficient (Wildman–Crippen LogP) is 3.95. The third kappa shape index (κ3) is 4.75. The number of carbonyl (C=O) groups is 2. The summed E-state index contributed by atoms with van der Waals surface area (Å²) < 4.78 is 0. The fourth-order valence-electron chi connectivity index (χ4n) is 4.84. The lowest BCUT2D eigenvalue weighted by molar-refractivity contribution is -0.138. The van der Waals surface area contributed by atoms with Gasteiger partial charge in [0, 0.05) is 29.8 Å². The molecule has 2 aromatic rings. The van der Waals surface area contributed by atoms with E-state index in [1.54, 1.807) is 0 Å². The van der Waals surface area contributed by atoms with Crippen LogP contribution >= 0.6 is 0 Å². The average molecular weight is 434 g/mol. The highest BCUT2D eigenvalue weighted by Crippen LogP contribution is 2.40. The van der Waals surface area contributed by atoms with Crippen LogP contribution in [0.3, 0.4) is 0 Å². The molecule has 1 fully saturated rings. The Bertz CT molecular complexity index is 1020. The SMILES string of the molecule is CC1(N)c2cc(C(=O)c3ccc(C=NN4CCCCC4)cc3)ccc2CCC1CC(=O)O. The van der Waals surface area contributed by atoms with Gasteiger partial charge in [-0.1, -0.05) is 36.4 Å². The predicted molar refractivity (Wildman–Crippen MR) is 125 cm³/mol. The molecule has 0 saturated carbocycles. The summed E-state index contributed by atoms with van der Waals surface area (Å²) in [5.41, 5.74) is 9.95. The Morgan fingerprint density at radius 1 is 1.12 bits per heavy atom. The Morgan fingerprint density at radius 3 is 2.50 bits per heavy atom. The molecule has 0 amide bonds. The Balaban J connectivity index is 1.51. The van der Waals surface area contributed by atoms with Crippen LogP contribution in [0.1, 0.15) is 71.6 Å². The topological polar surface area (TPSA) is 96.0 Å². The molecule has 4 rings (SSSR count). The van der Waals surface area contributed by atoms with Crippen LogP contribution in [0.15, 0.2) is 47.6 Å². The zero-order valence-corrected chi connectivity index (χ0v) is 18.6. The lowest BCUT2D eigenvalue weighted by Crippen LogP contribution is -2.45. The number of hydrazone groups is 1. The van der Waals surface area contributed by atoms with Gasteiger partial charge in [0.15, 0.2) is 5.78 Å². The number of ketones is 1. The van der Waals surface area contributed by atoms with Gasteiger partial charge in [0.05, 0.1) is 12.6 Å². The van der Waals surface area contributed by atoms with Crippen LogP contribution in [0.4, 0.5) is 0 Å². The third-order valence-electron chi connectivity index (χ3n) is 6.86. The number of nitrogens with two attached hydrogens (primary N) is 1. The van der Waals surface area contributed by atoms with Crippen LogP contribution in [0.5, 0.6) is 0 Å². The number of aliphatic carboxylic acids is 1. The van der Waals surface area contributed by atoms with E-state index in [0.717, 1.165) is 42.6 Å². The number of hydrogen-bond donors (Lipinski definition) is 2. The van der Waals surface area contributed by atoms with Crippen LogP contribution < -0.4 is 5.73 Å². The van der Waals surface area contributed by atoms with Gasteiger partial charge in [-0.25, -0.2) is 0 Å². The van der Waals surface area contributed by atoms with E-state index in [2.05, 4.69) is 10.1 Å². The van der Waals surface area contributed by atoms with Crippen molar-refractivity contribution in [3.63, 3.8) is 0 Å². The van der Waals surface area contributed by atoms with E-state index in [0.29, 0.717) is 11.1 Å². The number of nitrogens with zero attached hydrogens (tertiary/aromatic N) is 2. The van der Waals surface area contributed by atoms with Crippen molar-refractivity contribution in [1.82, 2.24) is 5.01 Å². The van der Waals surface area contributed by atoms with E-state index >= 15 is 0 Å². The van der Waals surface area contributed by atoms with Gasteiger partial charge in [-0.05, 0) is 67.7 Å². The van der Waals surface area contributed by atoms with Crippen molar-refractivity contribution in [2.24, 2.45) is 16.8 Å². The minimum atomic E-state index is -0.841. The molecule has 3 N–H and O–H groups in total. The first-order chi connectivity index (χ1) is 15.3. The largest absolute Gasteiger partial charge is 0.481 e. The van der Waals surface area contributed by atoms with E-state index in [1.165, 1.54) is 19.3 Å². The fraction of sp³-hybridized carbons (Fsp3) is 0.423. The van der Waals surface area contributed by atoms with Gasteiger partial charge >= 0.3 is 5.97 Å². The number of carboxylic acids is 1. The van der Waals surface area contributed by atoms with Crippen molar-refractivity contribution < 1.29 is 14.7 Å². The first-order valence-corrected chi connectivity index (χ1v) is 11.4. The quantitative estimate of drug-likeness (QED) is 0.531. The van der Waals surface area contributed by atoms with E-state index in [1.807, 2.05) is 55.6 Å². The summed E-state index contributed by atoms with van der Waals surface area (Å²) in [4.78, 5) is 24.4. The number of benzene rings is 2. The van der Waals surface area contributed by atoms with Gasteiger partial charge in [0.25, 0.3) is 0 Å². The van der Waals surface area contributed by atoms with E-state index in [4.69, 9.17) is 5.73 Å². The molecular formula is C26H31N3O3. The molecule has 0 spiro atoms. The van der Waals surface area contributed by atoms with Crippen LogP contribution in [-0.4, -0.2) is 41.2 Å². The second-order valence-corrected chi connectivity index (χ2v) is 9.20. The van der Waals surface area contributed by atoms with Gasteiger partial charge in [-0.15, -0.1) is 0 Å². The number of carboxylic acid groups (broad SMARTS) is 1. The number of rotatable bonds is 6. The standard InChI is InChI=1S/C26H31N3O3/c1-26(27)22(16-24(30)31)12-11-19-9-10-21(15-23(19)26)25(32)20-7-5-18(6-8-20)17-28-29-13-3-2-4-14-29/h5-10,15,17,22H,2-4,11-14,16,27H2,1H3,(H,30,31). The summed E-state index contributed by atoms with van der Waals surface area (Å²) in [7, 11) is 0. The summed E-state index contributed by atoms with van der Waals surface area (Å²) in [6, 6.07) is 13.1. The smallest absolute Gasteiger partial charge is 0.303 e. The zero-order chi connectivity index (χ0) is 22.7. The molecule has 2 aromatic carbocycles. The molecule has 1 saturated heterocycles. The van der Waals surface area contributed by atoms with E-state index in [9.17, 15) is 14.7 Å². The van der Waals surface area contributed by atoms with Crippen LogP contribution in [0.2, 0.25) is 0 Å². The third-order valence-corrected chi connectivity index (χ3v) is 6.86. The van der Waals surface area contributed by atoms with Crippen molar-refractivity contribution in [3.05, 3.63) is 70.3 Å². The van der Waals surface area contributed by atoms with Crippen LogP contribution in [-0.2, 0) is 16.8 Å². The first kappa shape index (κ1) is 22.2. The lowest BCUT2D eigenvalue weighted by Gasteiger charge is -2.40. The molecule has 32 heavy (non-hydrogen) atoms. The maximum Gasteiger partial charge on any atom is 0.303 e. The summed E-state index contributed by atoms with van der Waals surface area (Å²) in [6.07, 6.45) is 7.04. The maximum absolute atomic E-state index is 13.1. The number of fused-ring (bicyclic) bond motifs is 1. The van der Waals surface area contributed by atoms with Gasteiger partial charge in [0.2, 0.25) is 0 Å². The Morgan fingerprint density at radius 2 is 1.81 bits per heavy atom. The highest BCUT2D eigenvalue weighted by Gasteiger charge is 2.38. The highest BCUT2D eigenvalue weighted by atomic mass is 16.4. The summed E-state index contributed by atoms with van der Waals surface area (Å²) in [6.45, 7) is 3.88.